The van der Waals surface area contributed by atoms with Crippen LogP contribution in [0.25, 0.3) is 43.6 Å². The fourth-order valence-electron chi connectivity index (χ4n) is 6.59. The third-order valence-electron chi connectivity index (χ3n) is 8.77. The zero-order chi connectivity index (χ0) is 29.4. The summed E-state index contributed by atoms with van der Waals surface area (Å²) in [6.07, 6.45) is 12.2. The molecule has 232 valence electrons. The summed E-state index contributed by atoms with van der Waals surface area (Å²) in [4.78, 5) is 9.63. The van der Waals surface area contributed by atoms with Gasteiger partial charge in [-0.15, -0.1) is 12.4 Å². The van der Waals surface area contributed by atoms with Gasteiger partial charge in [0.05, 0.1) is 22.4 Å². The van der Waals surface area contributed by atoms with Crippen molar-refractivity contribution in [2.75, 3.05) is 13.1 Å². The Bertz CT molecular complexity index is 1670. The van der Waals surface area contributed by atoms with E-state index >= 15 is 0 Å². The summed E-state index contributed by atoms with van der Waals surface area (Å²) in [5.41, 5.74) is 7.55. The molecule has 2 N–H and O–H groups in total. The topological polar surface area (TPSA) is 59.7 Å². The highest BCUT2D eigenvalue weighted by Crippen LogP contribution is 2.32. The van der Waals surface area contributed by atoms with E-state index in [4.69, 9.17) is 9.97 Å². The van der Waals surface area contributed by atoms with Crippen molar-refractivity contribution in [2.24, 2.45) is 0 Å². The lowest BCUT2D eigenvalue weighted by Gasteiger charge is -2.11. The van der Waals surface area contributed by atoms with Gasteiger partial charge in [0.1, 0.15) is 0 Å². The number of nitrogens with zero attached hydrogens (tertiary/aromatic N) is 4. The monoisotopic (exact) mass is 610 g/mol. The molecule has 0 saturated heterocycles. The second-order valence-electron chi connectivity index (χ2n) is 11.8. The highest BCUT2D eigenvalue weighted by atomic mass is 35.5. The van der Waals surface area contributed by atoms with Gasteiger partial charge in [0.15, 0.2) is 0 Å². The molecule has 0 aliphatic carbocycles. The molecule has 4 heterocycles. The van der Waals surface area contributed by atoms with Gasteiger partial charge in [-0.05, 0) is 63.0 Å². The molecular formula is C37H47ClN6. The van der Waals surface area contributed by atoms with E-state index in [2.05, 4.69) is 94.3 Å². The number of hydrogen-bond acceptors (Lipinski definition) is 4. The zero-order valence-corrected chi connectivity index (χ0v) is 27.1. The van der Waals surface area contributed by atoms with E-state index in [1.807, 2.05) is 12.4 Å². The Morgan fingerprint density at radius 3 is 1.45 bits per heavy atom. The quantitative estimate of drug-likeness (QED) is 0.108. The predicted octanol–water partition coefficient (Wildman–Crippen LogP) is 8.76. The molecule has 0 spiro atoms. The van der Waals surface area contributed by atoms with Gasteiger partial charge in [0.25, 0.3) is 0 Å². The van der Waals surface area contributed by atoms with Gasteiger partial charge in [-0.1, -0.05) is 69.5 Å². The Morgan fingerprint density at radius 1 is 0.545 bits per heavy atom. The molecule has 0 atom stereocenters. The Labute approximate surface area is 267 Å². The van der Waals surface area contributed by atoms with Crippen LogP contribution in [-0.4, -0.2) is 32.2 Å². The number of aryl methyl sites for hydroxylation is 2. The molecule has 44 heavy (non-hydrogen) atoms. The summed E-state index contributed by atoms with van der Waals surface area (Å²) in [6.45, 7) is 10.2. The zero-order valence-electron chi connectivity index (χ0n) is 26.3. The molecule has 0 bridgehead atoms. The normalized spacial score (nSPS) is 11.7. The highest BCUT2D eigenvalue weighted by Gasteiger charge is 2.15. The largest absolute Gasteiger partial charge is 0.339 e. The van der Waals surface area contributed by atoms with Crippen LogP contribution < -0.4 is 10.6 Å². The summed E-state index contributed by atoms with van der Waals surface area (Å²) in [7, 11) is 0. The molecule has 0 fully saturated rings. The number of halogens is 1. The molecule has 7 heteroatoms. The molecule has 0 unspecified atom stereocenters. The first-order valence-corrected chi connectivity index (χ1v) is 16.4. The van der Waals surface area contributed by atoms with Crippen molar-refractivity contribution in [3.8, 4) is 0 Å². The van der Waals surface area contributed by atoms with Gasteiger partial charge in [-0.25, -0.2) is 0 Å². The fraction of sp³-hybridized carbons (Fsp3) is 0.405. The molecule has 0 amide bonds. The van der Waals surface area contributed by atoms with E-state index < -0.39 is 0 Å². The van der Waals surface area contributed by atoms with Crippen molar-refractivity contribution in [3.63, 3.8) is 0 Å². The summed E-state index contributed by atoms with van der Waals surface area (Å²) in [5.74, 6) is 0. The average molecular weight is 611 g/mol. The third-order valence-corrected chi connectivity index (χ3v) is 8.77. The van der Waals surface area contributed by atoms with Crippen LogP contribution in [0.5, 0.6) is 0 Å². The Hall–Kier alpha value is -3.45. The van der Waals surface area contributed by atoms with Crippen molar-refractivity contribution in [2.45, 2.75) is 85.0 Å². The summed E-state index contributed by atoms with van der Waals surface area (Å²) >= 11 is 0. The van der Waals surface area contributed by atoms with E-state index in [0.717, 1.165) is 63.5 Å². The van der Waals surface area contributed by atoms with E-state index in [1.54, 1.807) is 0 Å². The van der Waals surface area contributed by atoms with Crippen LogP contribution in [0.3, 0.4) is 0 Å². The van der Waals surface area contributed by atoms with Crippen molar-refractivity contribution in [3.05, 3.63) is 84.4 Å². The van der Waals surface area contributed by atoms with Crippen molar-refractivity contribution in [1.29, 1.82) is 0 Å². The van der Waals surface area contributed by atoms with Crippen LogP contribution in [0.2, 0.25) is 0 Å². The van der Waals surface area contributed by atoms with E-state index in [9.17, 15) is 0 Å². The van der Waals surface area contributed by atoms with Gasteiger partial charge in [-0.2, -0.15) is 0 Å². The first kappa shape index (κ1) is 32.0. The van der Waals surface area contributed by atoms with Crippen LogP contribution in [0.15, 0.2) is 73.1 Å². The minimum Gasteiger partial charge on any atom is -0.339 e. The number of unbranched alkanes of at least 4 members (excludes halogenated alkanes) is 4. The summed E-state index contributed by atoms with van der Waals surface area (Å²) in [6, 6.07) is 21.9. The number of aromatic nitrogens is 4. The van der Waals surface area contributed by atoms with Crippen LogP contribution in [0.1, 0.15) is 70.2 Å². The standard InChI is InChI=1S/C37H46N6.ClH/c1-3-5-24-42-34-16-10-8-14-28(34)30-18-22-40-32(36(30)42)26-38-20-12-7-13-21-39-27-33-37-31(19-23-41-33)29-15-9-11-17-35(29)43(37)25-6-4-2;/h8-11,14-19,22-23,38-39H,3-7,12-13,20-21,24-27H2,1-2H3;1H. The molecule has 0 saturated carbocycles. The van der Waals surface area contributed by atoms with E-state index in [-0.39, 0.29) is 12.4 Å². The number of rotatable bonds is 16. The van der Waals surface area contributed by atoms with Crippen molar-refractivity contribution < 1.29 is 0 Å². The fourth-order valence-corrected chi connectivity index (χ4v) is 6.59. The molecule has 6 rings (SSSR count). The lowest BCUT2D eigenvalue weighted by Crippen LogP contribution is -2.18. The summed E-state index contributed by atoms with van der Waals surface area (Å²) < 4.78 is 4.98. The molecule has 0 aliphatic heterocycles. The Kier molecular flexibility index (Phi) is 11.3. The number of pyridine rings is 2. The van der Waals surface area contributed by atoms with Crippen LogP contribution in [0, 0.1) is 0 Å². The van der Waals surface area contributed by atoms with Gasteiger partial charge in [0.2, 0.25) is 0 Å². The molecule has 4 aromatic heterocycles. The molecular weight excluding hydrogens is 564 g/mol. The smallest absolute Gasteiger partial charge is 0.0784 e. The van der Waals surface area contributed by atoms with Crippen LogP contribution in [0.4, 0.5) is 0 Å². The molecule has 2 aromatic carbocycles. The maximum absolute atomic E-state index is 4.81. The minimum absolute atomic E-state index is 0. The van der Waals surface area contributed by atoms with Gasteiger partial charge < -0.3 is 19.8 Å². The van der Waals surface area contributed by atoms with Crippen LogP contribution >= 0.6 is 12.4 Å². The minimum atomic E-state index is 0. The second kappa shape index (κ2) is 15.5. The highest BCUT2D eigenvalue weighted by molar-refractivity contribution is 6.09. The summed E-state index contributed by atoms with van der Waals surface area (Å²) in [5, 5.41) is 12.7. The number of fused-ring (bicyclic) bond motifs is 6. The Morgan fingerprint density at radius 2 is 1.00 bits per heavy atom. The maximum Gasteiger partial charge on any atom is 0.0784 e. The number of para-hydroxylation sites is 2. The van der Waals surface area contributed by atoms with E-state index in [0.29, 0.717) is 0 Å². The first-order valence-electron chi connectivity index (χ1n) is 16.4. The SMILES string of the molecule is CCCCn1c2ccccc2c2ccnc(CNCCCCCNCc3nccc4c5ccccc5n(CCCC)c34)c21.Cl. The van der Waals surface area contributed by atoms with Crippen molar-refractivity contribution >= 4 is 56.0 Å². The molecule has 0 radical (unpaired) electrons. The number of hydrogen-bond donors (Lipinski definition) is 2. The number of benzene rings is 2. The molecule has 6 nitrogen and oxygen atoms in total. The van der Waals surface area contributed by atoms with Gasteiger partial charge >= 0.3 is 0 Å². The molecule has 6 aromatic rings. The molecule has 0 aliphatic rings. The van der Waals surface area contributed by atoms with Crippen LogP contribution in [-0.2, 0) is 26.2 Å². The average Bonchev–Trinajstić information content (AvgIpc) is 3.55. The first-order chi connectivity index (χ1) is 21.3. The predicted molar refractivity (Wildman–Crippen MR) is 189 cm³/mol. The van der Waals surface area contributed by atoms with Gasteiger partial charge in [-0.3, -0.25) is 9.97 Å². The maximum atomic E-state index is 4.81. The van der Waals surface area contributed by atoms with Crippen molar-refractivity contribution in [1.82, 2.24) is 29.7 Å². The van der Waals surface area contributed by atoms with E-state index in [1.165, 1.54) is 75.7 Å². The lowest BCUT2D eigenvalue weighted by atomic mass is 10.1. The Balaban J connectivity index is 0.00000384. The lowest BCUT2D eigenvalue weighted by molar-refractivity contribution is 0.566. The second-order valence-corrected chi connectivity index (χ2v) is 11.8. The van der Waals surface area contributed by atoms with Gasteiger partial charge in [0, 0.05) is 71.2 Å². The third kappa shape index (κ3) is 6.63. The number of nitrogens with one attached hydrogen (secondary N) is 2.